The summed E-state index contributed by atoms with van der Waals surface area (Å²) in [6, 6.07) is 30.2. The Morgan fingerprint density at radius 3 is 1.43 bits per heavy atom. The number of nitrogens with zero attached hydrogens (tertiary/aromatic N) is 4. The maximum absolute atomic E-state index is 5.34. The van der Waals surface area contributed by atoms with Gasteiger partial charge in [0.05, 0.1) is 33.4 Å². The summed E-state index contributed by atoms with van der Waals surface area (Å²) in [6.07, 6.45) is 0. The van der Waals surface area contributed by atoms with Gasteiger partial charge in [-0.1, -0.05) is 52.6 Å². The Kier molecular flexibility index (Phi) is 4.45. The Hall–Kier alpha value is -5.68. The lowest BCUT2D eigenvalue weighted by atomic mass is 9.33. The van der Waals surface area contributed by atoms with E-state index in [1.165, 1.54) is 110 Å². The number of fused-ring (bicyclic) bond motifs is 12. The first-order valence-corrected chi connectivity index (χ1v) is 17.4. The minimum Gasteiger partial charge on any atom is -0.309 e. The van der Waals surface area contributed by atoms with Crippen LogP contribution >= 0.6 is 0 Å². The SMILES string of the molecule is Cc1ccc2c(c1)c1cc(C)cc3c1n2-c1c2c(c4c(C)nc5cccc6nc(C)c1c4c65)-n1c4ccc(C)cc4c4cc(C)cc(c41)B23. The van der Waals surface area contributed by atoms with Crippen LogP contribution in [0.1, 0.15) is 33.6 Å². The highest BCUT2D eigenvalue weighted by molar-refractivity contribution is 7.00. The van der Waals surface area contributed by atoms with Crippen molar-refractivity contribution in [3.05, 3.63) is 113 Å². The standard InChI is InChI=1S/C44H31BN4/c1-20-10-12-34-26(14-20)28-16-22(3)18-30-41(28)48(34)43-36-24(5)46-32-8-7-9-33-38(32)39(36)37(25(6)47-33)44-40(43)45(30)31-19-23(4)17-29-27-15-21(2)11-13-35(27)49(44)42(29)31/h7-19H,1-6H3. The minimum absolute atomic E-state index is 0.0614. The van der Waals surface area contributed by atoms with E-state index in [2.05, 4.69) is 130 Å². The molecule has 6 aromatic carbocycles. The lowest BCUT2D eigenvalue weighted by Gasteiger charge is -2.36. The van der Waals surface area contributed by atoms with E-state index in [-0.39, 0.29) is 6.71 Å². The summed E-state index contributed by atoms with van der Waals surface area (Å²) in [5, 5.41) is 10.2. The van der Waals surface area contributed by atoms with Crippen LogP contribution in [0.2, 0.25) is 0 Å². The Balaban J connectivity index is 1.48. The third-order valence-corrected chi connectivity index (χ3v) is 11.8. The summed E-state index contributed by atoms with van der Waals surface area (Å²) in [7, 11) is 0. The summed E-state index contributed by atoms with van der Waals surface area (Å²) in [5.74, 6) is 0. The van der Waals surface area contributed by atoms with Crippen LogP contribution in [0.15, 0.2) is 78.9 Å². The average Bonchev–Trinajstić information content (AvgIpc) is 3.56. The van der Waals surface area contributed by atoms with Crippen molar-refractivity contribution < 1.29 is 0 Å². The van der Waals surface area contributed by atoms with Gasteiger partial charge in [0.15, 0.2) is 0 Å². The van der Waals surface area contributed by atoms with Crippen LogP contribution in [-0.4, -0.2) is 25.8 Å². The number of hydrogen-bond acceptors (Lipinski definition) is 2. The monoisotopic (exact) mass is 626 g/mol. The van der Waals surface area contributed by atoms with E-state index in [1.54, 1.807) is 0 Å². The summed E-state index contributed by atoms with van der Waals surface area (Å²) in [6.45, 7) is 13.5. The van der Waals surface area contributed by atoms with Crippen LogP contribution in [0.3, 0.4) is 0 Å². The van der Waals surface area contributed by atoms with Crippen molar-refractivity contribution >= 4 is 99.3 Å². The van der Waals surface area contributed by atoms with Crippen molar-refractivity contribution in [2.75, 3.05) is 0 Å². The maximum Gasteiger partial charge on any atom is 0.252 e. The van der Waals surface area contributed by atoms with Crippen LogP contribution in [0.5, 0.6) is 0 Å². The Bertz CT molecular complexity index is 3020. The molecule has 0 saturated heterocycles. The molecule has 49 heavy (non-hydrogen) atoms. The molecule has 0 N–H and O–H groups in total. The third kappa shape index (κ3) is 2.89. The highest BCUT2D eigenvalue weighted by Gasteiger charge is 2.43. The van der Waals surface area contributed by atoms with Gasteiger partial charge in [0.1, 0.15) is 0 Å². The van der Waals surface area contributed by atoms with Crippen LogP contribution in [0.4, 0.5) is 0 Å². The summed E-state index contributed by atoms with van der Waals surface area (Å²) in [5.41, 5.74) is 21.2. The molecule has 0 bridgehead atoms. The van der Waals surface area contributed by atoms with E-state index in [0.29, 0.717) is 0 Å². The van der Waals surface area contributed by atoms with Gasteiger partial charge < -0.3 is 9.13 Å². The summed E-state index contributed by atoms with van der Waals surface area (Å²) in [4.78, 5) is 10.7. The molecule has 2 aliphatic heterocycles. The van der Waals surface area contributed by atoms with Crippen molar-refractivity contribution in [2.45, 2.75) is 41.5 Å². The van der Waals surface area contributed by atoms with Gasteiger partial charge >= 0.3 is 0 Å². The van der Waals surface area contributed by atoms with Gasteiger partial charge in [0.2, 0.25) is 0 Å². The van der Waals surface area contributed by atoms with E-state index >= 15 is 0 Å². The molecule has 0 radical (unpaired) electrons. The highest BCUT2D eigenvalue weighted by Crippen LogP contribution is 2.47. The fourth-order valence-corrected chi connectivity index (χ4v) is 10.1. The third-order valence-electron chi connectivity index (χ3n) is 11.8. The minimum atomic E-state index is 0.0614. The molecule has 4 aromatic heterocycles. The van der Waals surface area contributed by atoms with Crippen LogP contribution in [0, 0.1) is 41.5 Å². The number of pyridine rings is 2. The molecule has 0 atom stereocenters. The van der Waals surface area contributed by atoms with Gasteiger partial charge in [-0.15, -0.1) is 0 Å². The number of aryl methyl sites for hydroxylation is 6. The number of benzene rings is 6. The molecule has 6 heterocycles. The van der Waals surface area contributed by atoms with E-state index in [4.69, 9.17) is 9.97 Å². The van der Waals surface area contributed by atoms with Crippen molar-refractivity contribution in [1.29, 1.82) is 0 Å². The largest absolute Gasteiger partial charge is 0.309 e. The van der Waals surface area contributed by atoms with Gasteiger partial charge in [-0.2, -0.15) is 0 Å². The Morgan fingerprint density at radius 1 is 0.469 bits per heavy atom. The van der Waals surface area contributed by atoms with Gasteiger partial charge in [-0.05, 0) is 106 Å². The van der Waals surface area contributed by atoms with Crippen molar-refractivity contribution in [2.24, 2.45) is 0 Å². The Morgan fingerprint density at radius 2 is 0.939 bits per heavy atom. The topological polar surface area (TPSA) is 35.6 Å². The van der Waals surface area contributed by atoms with Crippen molar-refractivity contribution in [3.63, 3.8) is 0 Å². The first kappa shape index (κ1) is 26.3. The molecule has 4 nitrogen and oxygen atoms in total. The summed E-state index contributed by atoms with van der Waals surface area (Å²) < 4.78 is 5.23. The number of hydrogen-bond donors (Lipinski definition) is 0. The van der Waals surface area contributed by atoms with Gasteiger partial charge in [0.25, 0.3) is 6.71 Å². The lowest BCUT2D eigenvalue weighted by Crippen LogP contribution is -2.59. The number of rotatable bonds is 0. The molecule has 10 aromatic rings. The quantitative estimate of drug-likeness (QED) is 0.125. The zero-order chi connectivity index (χ0) is 32.8. The molecule has 0 spiro atoms. The Labute approximate surface area is 283 Å². The highest BCUT2D eigenvalue weighted by atomic mass is 15.0. The van der Waals surface area contributed by atoms with E-state index in [1.807, 2.05) is 0 Å². The molecule has 5 heteroatoms. The lowest BCUT2D eigenvalue weighted by molar-refractivity contribution is 1.15. The zero-order valence-corrected chi connectivity index (χ0v) is 28.4. The molecular formula is C44H31BN4. The second kappa shape index (κ2) is 8.30. The van der Waals surface area contributed by atoms with E-state index < -0.39 is 0 Å². The predicted molar refractivity (Wildman–Crippen MR) is 207 cm³/mol. The predicted octanol–water partition coefficient (Wildman–Crippen LogP) is 8.56. The molecule has 230 valence electrons. The molecule has 0 saturated carbocycles. The smallest absolute Gasteiger partial charge is 0.252 e. The van der Waals surface area contributed by atoms with Gasteiger partial charge in [-0.25, -0.2) is 0 Å². The fourth-order valence-electron chi connectivity index (χ4n) is 10.1. The molecule has 0 fully saturated rings. The van der Waals surface area contributed by atoms with Crippen molar-refractivity contribution in [1.82, 2.24) is 19.1 Å². The molecular weight excluding hydrogens is 595 g/mol. The molecule has 0 aliphatic carbocycles. The van der Waals surface area contributed by atoms with Crippen LogP contribution in [-0.2, 0) is 0 Å². The number of aromatic nitrogens is 4. The molecule has 12 rings (SSSR count). The fraction of sp³-hybridized carbons (Fsp3) is 0.136. The van der Waals surface area contributed by atoms with E-state index in [9.17, 15) is 0 Å². The molecule has 0 unspecified atom stereocenters. The zero-order valence-electron chi connectivity index (χ0n) is 28.4. The van der Waals surface area contributed by atoms with E-state index in [0.717, 1.165) is 27.8 Å². The average molecular weight is 627 g/mol. The van der Waals surface area contributed by atoms with Crippen molar-refractivity contribution in [3.8, 4) is 11.4 Å². The van der Waals surface area contributed by atoms with Gasteiger partial charge in [0, 0.05) is 65.5 Å². The normalized spacial score (nSPS) is 13.5. The second-order valence-corrected chi connectivity index (χ2v) is 14.9. The summed E-state index contributed by atoms with van der Waals surface area (Å²) >= 11 is 0. The molecule has 2 aliphatic rings. The van der Waals surface area contributed by atoms with Gasteiger partial charge in [-0.3, -0.25) is 9.97 Å². The first-order chi connectivity index (χ1) is 23.8. The first-order valence-electron chi connectivity index (χ1n) is 17.4. The maximum atomic E-state index is 5.34. The van der Waals surface area contributed by atoms with Crippen LogP contribution < -0.4 is 16.4 Å². The molecule has 0 amide bonds. The van der Waals surface area contributed by atoms with Crippen LogP contribution in [0.25, 0.3) is 87.6 Å². The second-order valence-electron chi connectivity index (χ2n) is 14.9.